The van der Waals surface area contributed by atoms with Crippen LogP contribution in [0.3, 0.4) is 0 Å². The van der Waals surface area contributed by atoms with Gasteiger partial charge in [0, 0.05) is 16.8 Å². The summed E-state index contributed by atoms with van der Waals surface area (Å²) in [5.74, 6) is 2.38. The molecule has 1 saturated heterocycles. The van der Waals surface area contributed by atoms with Crippen LogP contribution in [0.4, 0.5) is 0 Å². The van der Waals surface area contributed by atoms with Gasteiger partial charge in [-0.15, -0.1) is 23.5 Å². The number of rotatable bonds is 5. The van der Waals surface area contributed by atoms with Crippen LogP contribution in [0.2, 0.25) is 0 Å². The fourth-order valence-corrected chi connectivity index (χ4v) is 5.49. The van der Waals surface area contributed by atoms with Gasteiger partial charge in [0.2, 0.25) is 0 Å². The number of hydrogen-bond acceptors (Lipinski definition) is 5. The molecule has 1 heterocycles. The van der Waals surface area contributed by atoms with Crippen LogP contribution in [0.1, 0.15) is 0 Å². The maximum absolute atomic E-state index is 8.45. The van der Waals surface area contributed by atoms with Crippen molar-refractivity contribution in [2.45, 2.75) is 9.83 Å². The van der Waals surface area contributed by atoms with E-state index in [-0.39, 0.29) is 6.79 Å². The van der Waals surface area contributed by atoms with Crippen molar-refractivity contribution in [1.82, 2.24) is 0 Å². The Labute approximate surface area is 86.2 Å². The molecular formula is C7H14O2S3. The summed E-state index contributed by atoms with van der Waals surface area (Å²) < 4.78 is 5.69. The van der Waals surface area contributed by atoms with Crippen LogP contribution in [0, 0.1) is 0 Å². The van der Waals surface area contributed by atoms with Gasteiger partial charge in [-0.2, -0.15) is 11.8 Å². The molecule has 1 aliphatic rings. The predicted octanol–water partition coefficient (Wildman–Crippen LogP) is 1.49. The molecule has 0 aliphatic carbocycles. The molecule has 0 radical (unpaired) electrons. The Morgan fingerprint density at radius 2 is 2.50 bits per heavy atom. The topological polar surface area (TPSA) is 29.5 Å². The second-order valence-electron chi connectivity index (χ2n) is 2.48. The third kappa shape index (κ3) is 3.79. The van der Waals surface area contributed by atoms with Crippen molar-refractivity contribution in [2.24, 2.45) is 0 Å². The van der Waals surface area contributed by atoms with Crippen LogP contribution in [-0.2, 0) is 4.74 Å². The van der Waals surface area contributed by atoms with E-state index in [0.29, 0.717) is 11.9 Å². The molecule has 0 aromatic heterocycles. The molecule has 1 aliphatic heterocycles. The molecule has 1 fully saturated rings. The maximum atomic E-state index is 8.45. The quantitative estimate of drug-likeness (QED) is 0.718. The molecule has 2 unspecified atom stereocenters. The van der Waals surface area contributed by atoms with E-state index in [1.54, 1.807) is 0 Å². The molecule has 5 heteroatoms. The van der Waals surface area contributed by atoms with Crippen molar-refractivity contribution in [2.75, 3.05) is 31.2 Å². The van der Waals surface area contributed by atoms with Crippen LogP contribution < -0.4 is 0 Å². The fraction of sp³-hybridized carbons (Fsp3) is 1.00. The second kappa shape index (κ2) is 6.43. The lowest BCUT2D eigenvalue weighted by Crippen LogP contribution is -2.12. The molecule has 0 aromatic rings. The van der Waals surface area contributed by atoms with E-state index in [0.717, 1.165) is 10.3 Å². The first-order chi connectivity index (χ1) is 5.86. The molecule has 0 bridgehead atoms. The lowest BCUT2D eigenvalue weighted by molar-refractivity contribution is 0.00112. The summed E-state index contributed by atoms with van der Waals surface area (Å²) in [4.78, 5) is 0. The molecule has 0 aromatic carbocycles. The van der Waals surface area contributed by atoms with Gasteiger partial charge in [-0.3, -0.25) is 0 Å². The Morgan fingerprint density at radius 3 is 3.17 bits per heavy atom. The Hall–Kier alpha value is 0.970. The fourth-order valence-electron chi connectivity index (χ4n) is 1.00. The highest BCUT2D eigenvalue weighted by atomic mass is 32.2. The SMILES string of the molecule is CSCC1SCC(COCO)S1. The summed E-state index contributed by atoms with van der Waals surface area (Å²) >= 11 is 5.88. The van der Waals surface area contributed by atoms with Crippen molar-refractivity contribution in [1.29, 1.82) is 0 Å². The summed E-state index contributed by atoms with van der Waals surface area (Å²) in [5, 5.41) is 9.04. The Kier molecular flexibility index (Phi) is 5.92. The molecule has 1 rings (SSSR count). The highest BCUT2D eigenvalue weighted by Crippen LogP contribution is 2.39. The van der Waals surface area contributed by atoms with Crippen LogP contribution in [0.25, 0.3) is 0 Å². The minimum absolute atomic E-state index is 0.144. The zero-order valence-electron chi connectivity index (χ0n) is 7.06. The van der Waals surface area contributed by atoms with Gasteiger partial charge in [0.05, 0.1) is 11.2 Å². The highest BCUT2D eigenvalue weighted by molar-refractivity contribution is 8.21. The van der Waals surface area contributed by atoms with Crippen molar-refractivity contribution in [3.8, 4) is 0 Å². The van der Waals surface area contributed by atoms with Gasteiger partial charge in [-0.1, -0.05) is 0 Å². The first-order valence-corrected chi connectivity index (χ1v) is 7.20. The Morgan fingerprint density at radius 1 is 1.67 bits per heavy atom. The second-order valence-corrected chi connectivity index (χ2v) is 6.43. The van der Waals surface area contributed by atoms with E-state index in [9.17, 15) is 0 Å². The first-order valence-electron chi connectivity index (χ1n) is 3.81. The summed E-state index contributed by atoms with van der Waals surface area (Å²) in [6.45, 7) is 0.550. The molecule has 12 heavy (non-hydrogen) atoms. The number of thioether (sulfide) groups is 3. The molecule has 0 amide bonds. The average Bonchev–Trinajstić information content (AvgIpc) is 2.50. The minimum Gasteiger partial charge on any atom is -0.371 e. The molecule has 72 valence electrons. The largest absolute Gasteiger partial charge is 0.371 e. The molecular weight excluding hydrogens is 212 g/mol. The number of hydrogen-bond donors (Lipinski definition) is 1. The molecule has 2 atom stereocenters. The van der Waals surface area contributed by atoms with Gasteiger partial charge >= 0.3 is 0 Å². The monoisotopic (exact) mass is 226 g/mol. The van der Waals surface area contributed by atoms with Gasteiger partial charge in [-0.05, 0) is 6.26 Å². The number of aliphatic hydroxyl groups is 1. The summed E-state index contributed by atoms with van der Waals surface area (Å²) in [6.07, 6.45) is 2.14. The predicted molar refractivity (Wildman–Crippen MR) is 59.0 cm³/mol. The van der Waals surface area contributed by atoms with Gasteiger partial charge in [0.25, 0.3) is 0 Å². The van der Waals surface area contributed by atoms with E-state index >= 15 is 0 Å². The van der Waals surface area contributed by atoms with Crippen molar-refractivity contribution in [3.05, 3.63) is 0 Å². The van der Waals surface area contributed by atoms with Crippen LogP contribution in [-0.4, -0.2) is 46.1 Å². The zero-order valence-corrected chi connectivity index (χ0v) is 9.51. The first kappa shape index (κ1) is 11.0. The minimum atomic E-state index is -0.144. The van der Waals surface area contributed by atoms with Crippen molar-refractivity contribution >= 4 is 35.3 Å². The van der Waals surface area contributed by atoms with Gasteiger partial charge in [0.1, 0.15) is 6.79 Å². The smallest absolute Gasteiger partial charge is 0.143 e. The molecule has 0 saturated carbocycles. The Balaban J connectivity index is 2.08. The van der Waals surface area contributed by atoms with Gasteiger partial charge < -0.3 is 9.84 Å². The average molecular weight is 226 g/mol. The summed E-state index contributed by atoms with van der Waals surface area (Å²) in [6, 6.07) is 0. The molecule has 2 nitrogen and oxygen atoms in total. The standard InChI is InChI=1S/C7H14O2S3/c1-10-4-7-11-3-6(12-7)2-9-5-8/h6-8H,2-5H2,1H3. The summed E-state index contributed by atoms with van der Waals surface area (Å²) in [5.41, 5.74) is 0. The van der Waals surface area contributed by atoms with Crippen LogP contribution in [0.5, 0.6) is 0 Å². The van der Waals surface area contributed by atoms with Crippen molar-refractivity contribution < 1.29 is 9.84 Å². The van der Waals surface area contributed by atoms with E-state index in [4.69, 9.17) is 9.84 Å². The molecule has 1 N–H and O–H groups in total. The summed E-state index contributed by atoms with van der Waals surface area (Å²) in [7, 11) is 0. The van der Waals surface area contributed by atoms with E-state index in [2.05, 4.69) is 6.26 Å². The highest BCUT2D eigenvalue weighted by Gasteiger charge is 2.25. The normalized spacial score (nSPS) is 29.5. The van der Waals surface area contributed by atoms with E-state index < -0.39 is 0 Å². The third-order valence-corrected chi connectivity index (χ3v) is 5.84. The van der Waals surface area contributed by atoms with E-state index in [1.165, 1.54) is 5.75 Å². The van der Waals surface area contributed by atoms with Crippen LogP contribution in [0.15, 0.2) is 0 Å². The number of aliphatic hydroxyl groups excluding tert-OH is 1. The lowest BCUT2D eigenvalue weighted by Gasteiger charge is -2.08. The number of ether oxygens (including phenoxy) is 1. The van der Waals surface area contributed by atoms with Gasteiger partial charge in [-0.25, -0.2) is 0 Å². The van der Waals surface area contributed by atoms with Crippen molar-refractivity contribution in [3.63, 3.8) is 0 Å². The third-order valence-electron chi connectivity index (χ3n) is 1.51. The maximum Gasteiger partial charge on any atom is 0.143 e. The lowest BCUT2D eigenvalue weighted by atomic mass is 10.5. The molecule has 0 spiro atoms. The van der Waals surface area contributed by atoms with E-state index in [1.807, 2.05) is 35.3 Å². The Bertz CT molecular complexity index is 123. The van der Waals surface area contributed by atoms with Gasteiger partial charge in [0.15, 0.2) is 0 Å². The zero-order chi connectivity index (χ0) is 8.81. The van der Waals surface area contributed by atoms with Crippen LogP contribution >= 0.6 is 35.3 Å².